The van der Waals surface area contributed by atoms with Crippen LogP contribution in [0.4, 0.5) is 5.82 Å². The summed E-state index contributed by atoms with van der Waals surface area (Å²) in [6, 6.07) is 9.28. The van der Waals surface area contributed by atoms with Crippen LogP contribution in [0.2, 0.25) is 0 Å². The van der Waals surface area contributed by atoms with Crippen LogP contribution in [0.3, 0.4) is 0 Å². The largest absolute Gasteiger partial charge is 0.368 e. The Bertz CT molecular complexity index is 872. The molecule has 136 valence electrons. The maximum Gasteiger partial charge on any atom is 0.254 e. The summed E-state index contributed by atoms with van der Waals surface area (Å²) in [4.78, 5) is 34.2. The van der Waals surface area contributed by atoms with Gasteiger partial charge in [0.2, 0.25) is 5.56 Å². The van der Waals surface area contributed by atoms with E-state index in [4.69, 9.17) is 0 Å². The van der Waals surface area contributed by atoms with Crippen LogP contribution >= 0.6 is 0 Å². The van der Waals surface area contributed by atoms with Crippen molar-refractivity contribution in [2.75, 3.05) is 18.4 Å². The van der Waals surface area contributed by atoms with E-state index in [-0.39, 0.29) is 17.5 Å². The lowest BCUT2D eigenvalue weighted by Gasteiger charge is -2.25. The van der Waals surface area contributed by atoms with Crippen LogP contribution in [0.5, 0.6) is 0 Å². The second kappa shape index (κ2) is 6.94. The fourth-order valence-corrected chi connectivity index (χ4v) is 3.65. The van der Waals surface area contributed by atoms with Crippen LogP contribution in [-0.2, 0) is 0 Å². The van der Waals surface area contributed by atoms with Gasteiger partial charge in [0, 0.05) is 42.1 Å². The summed E-state index contributed by atoms with van der Waals surface area (Å²) in [5.74, 6) is 1.20. The summed E-state index contributed by atoms with van der Waals surface area (Å²) >= 11 is 0. The van der Waals surface area contributed by atoms with Crippen molar-refractivity contribution in [1.82, 2.24) is 14.9 Å². The van der Waals surface area contributed by atoms with E-state index in [9.17, 15) is 9.59 Å². The molecule has 1 unspecified atom stereocenters. The van der Waals surface area contributed by atoms with Crippen LogP contribution in [0.25, 0.3) is 0 Å². The molecule has 1 saturated carbocycles. The highest BCUT2D eigenvalue weighted by atomic mass is 16.2. The fraction of sp³-hybridized carbons (Fsp3) is 0.450. The van der Waals surface area contributed by atoms with E-state index in [1.54, 1.807) is 0 Å². The number of aromatic amines is 1. The summed E-state index contributed by atoms with van der Waals surface area (Å²) in [5.41, 5.74) is 2.19. The molecule has 0 aromatic carbocycles. The predicted molar refractivity (Wildman–Crippen MR) is 101 cm³/mol. The number of likely N-dealkylation sites (tertiary alicyclic amines) is 1. The number of nitrogens with one attached hydrogen (secondary N) is 2. The molecule has 4 rings (SSSR count). The lowest BCUT2D eigenvalue weighted by Crippen LogP contribution is -2.40. The van der Waals surface area contributed by atoms with Crippen molar-refractivity contribution in [2.45, 2.75) is 44.6 Å². The van der Waals surface area contributed by atoms with Gasteiger partial charge in [-0.15, -0.1) is 0 Å². The van der Waals surface area contributed by atoms with Crippen LogP contribution in [0.1, 0.15) is 53.3 Å². The number of amides is 1. The maximum atomic E-state index is 13.0. The molecule has 0 bridgehead atoms. The summed E-state index contributed by atoms with van der Waals surface area (Å²) in [6.07, 6.45) is 4.13. The quantitative estimate of drug-likeness (QED) is 0.867. The third-order valence-electron chi connectivity index (χ3n) is 5.17. The molecule has 1 atom stereocenters. The molecule has 2 fully saturated rings. The standard InChI is InChI=1S/C20H24N4O2/c1-13-4-2-6-18(22-13)21-12-16-5-3-9-24(16)20(26)15-10-17(14-7-8-14)23-19(25)11-15/h2,4,6,10-11,14,16H,3,5,7-9,12H2,1H3,(H,21,22)(H,23,25). The zero-order chi connectivity index (χ0) is 18.1. The predicted octanol–water partition coefficient (Wildman–Crippen LogP) is 2.67. The number of rotatable bonds is 5. The van der Waals surface area contributed by atoms with Gasteiger partial charge in [-0.25, -0.2) is 4.98 Å². The molecule has 6 nitrogen and oxygen atoms in total. The molecule has 1 saturated heterocycles. The second-order valence-corrected chi connectivity index (χ2v) is 7.30. The first-order valence-electron chi connectivity index (χ1n) is 9.33. The first-order chi connectivity index (χ1) is 12.6. The SMILES string of the molecule is Cc1cccc(NCC2CCCN2C(=O)c2cc(C3CC3)[nH]c(=O)c2)n1. The molecule has 1 aliphatic heterocycles. The highest BCUT2D eigenvalue weighted by Crippen LogP contribution is 2.38. The highest BCUT2D eigenvalue weighted by molar-refractivity contribution is 5.94. The van der Waals surface area contributed by atoms with Gasteiger partial charge in [-0.1, -0.05) is 6.07 Å². The van der Waals surface area contributed by atoms with Crippen LogP contribution in [-0.4, -0.2) is 39.9 Å². The number of hydrogen-bond donors (Lipinski definition) is 2. The minimum absolute atomic E-state index is 0.0421. The Balaban J connectivity index is 1.47. The van der Waals surface area contributed by atoms with Crippen molar-refractivity contribution in [3.8, 4) is 0 Å². The van der Waals surface area contributed by atoms with Gasteiger partial charge in [-0.05, 0) is 56.7 Å². The van der Waals surface area contributed by atoms with E-state index in [0.29, 0.717) is 18.0 Å². The van der Waals surface area contributed by atoms with E-state index in [2.05, 4.69) is 15.3 Å². The number of aryl methyl sites for hydroxylation is 1. The molecule has 2 aromatic heterocycles. The van der Waals surface area contributed by atoms with Crippen molar-refractivity contribution in [3.05, 3.63) is 57.6 Å². The van der Waals surface area contributed by atoms with E-state index >= 15 is 0 Å². The van der Waals surface area contributed by atoms with Crippen molar-refractivity contribution in [1.29, 1.82) is 0 Å². The number of hydrogen-bond acceptors (Lipinski definition) is 4. The molecule has 0 radical (unpaired) electrons. The average molecular weight is 352 g/mol. The Morgan fingerprint density at radius 1 is 1.31 bits per heavy atom. The van der Waals surface area contributed by atoms with Crippen molar-refractivity contribution in [3.63, 3.8) is 0 Å². The number of carbonyl (C=O) groups excluding carboxylic acids is 1. The number of carbonyl (C=O) groups is 1. The van der Waals surface area contributed by atoms with Gasteiger partial charge >= 0.3 is 0 Å². The van der Waals surface area contributed by atoms with Gasteiger partial charge in [0.05, 0.1) is 0 Å². The lowest BCUT2D eigenvalue weighted by atomic mass is 10.1. The molecular formula is C20H24N4O2. The van der Waals surface area contributed by atoms with Gasteiger partial charge in [-0.2, -0.15) is 0 Å². The third-order valence-corrected chi connectivity index (χ3v) is 5.17. The highest BCUT2D eigenvalue weighted by Gasteiger charge is 2.31. The van der Waals surface area contributed by atoms with E-state index < -0.39 is 0 Å². The van der Waals surface area contributed by atoms with Crippen LogP contribution in [0.15, 0.2) is 35.1 Å². The van der Waals surface area contributed by atoms with E-state index in [1.807, 2.05) is 36.1 Å². The number of anilines is 1. The van der Waals surface area contributed by atoms with E-state index in [0.717, 1.165) is 49.4 Å². The summed E-state index contributed by atoms with van der Waals surface area (Å²) in [6.45, 7) is 3.36. The molecule has 26 heavy (non-hydrogen) atoms. The fourth-order valence-electron chi connectivity index (χ4n) is 3.65. The summed E-state index contributed by atoms with van der Waals surface area (Å²) in [7, 11) is 0. The number of pyridine rings is 2. The van der Waals surface area contributed by atoms with Crippen molar-refractivity contribution in [2.24, 2.45) is 0 Å². The molecular weight excluding hydrogens is 328 g/mol. The Hall–Kier alpha value is -2.63. The number of nitrogens with zero attached hydrogens (tertiary/aromatic N) is 2. The first-order valence-corrected chi connectivity index (χ1v) is 9.33. The number of aromatic nitrogens is 2. The van der Waals surface area contributed by atoms with Crippen LogP contribution < -0.4 is 10.9 Å². The smallest absolute Gasteiger partial charge is 0.254 e. The zero-order valence-corrected chi connectivity index (χ0v) is 15.0. The van der Waals surface area contributed by atoms with Crippen LogP contribution in [0, 0.1) is 6.92 Å². The van der Waals surface area contributed by atoms with Gasteiger partial charge in [0.1, 0.15) is 5.82 Å². The molecule has 2 aromatic rings. The van der Waals surface area contributed by atoms with Gasteiger partial charge in [0.25, 0.3) is 5.91 Å². The Morgan fingerprint density at radius 3 is 2.92 bits per heavy atom. The molecule has 1 amide bonds. The molecule has 1 aliphatic carbocycles. The summed E-state index contributed by atoms with van der Waals surface area (Å²) < 4.78 is 0. The molecule has 2 aliphatic rings. The topological polar surface area (TPSA) is 78.1 Å². The van der Waals surface area contributed by atoms with E-state index in [1.165, 1.54) is 6.07 Å². The number of H-pyrrole nitrogens is 1. The van der Waals surface area contributed by atoms with Gasteiger partial charge < -0.3 is 15.2 Å². The monoisotopic (exact) mass is 352 g/mol. The average Bonchev–Trinajstić information content (AvgIpc) is 3.37. The Kier molecular flexibility index (Phi) is 4.49. The van der Waals surface area contributed by atoms with Gasteiger partial charge in [-0.3, -0.25) is 9.59 Å². The minimum atomic E-state index is -0.185. The second-order valence-electron chi connectivity index (χ2n) is 7.30. The zero-order valence-electron chi connectivity index (χ0n) is 15.0. The molecule has 6 heteroatoms. The first kappa shape index (κ1) is 16.8. The molecule has 3 heterocycles. The molecule has 2 N–H and O–H groups in total. The van der Waals surface area contributed by atoms with Crippen molar-refractivity contribution < 1.29 is 4.79 Å². The normalized spacial score (nSPS) is 19.6. The van der Waals surface area contributed by atoms with Crippen molar-refractivity contribution >= 4 is 11.7 Å². The Morgan fingerprint density at radius 2 is 2.15 bits per heavy atom. The van der Waals surface area contributed by atoms with Gasteiger partial charge in [0.15, 0.2) is 0 Å². The lowest BCUT2D eigenvalue weighted by molar-refractivity contribution is 0.0743. The summed E-state index contributed by atoms with van der Waals surface area (Å²) in [5, 5.41) is 3.34. The maximum absolute atomic E-state index is 13.0. The minimum Gasteiger partial charge on any atom is -0.368 e. The Labute approximate surface area is 152 Å². The third kappa shape index (κ3) is 3.64. The molecule has 0 spiro atoms.